The molecule has 0 saturated carbocycles. The Morgan fingerprint density at radius 3 is 2.24 bits per heavy atom. The molecule has 1 aliphatic carbocycles. The van der Waals surface area contributed by atoms with E-state index in [0.717, 1.165) is 31.2 Å². The number of nitrogens with zero attached hydrogens (tertiary/aromatic N) is 2. The first-order valence-corrected chi connectivity index (χ1v) is 7.50. The minimum atomic E-state index is -0.994. The largest absolute Gasteiger partial charge is 0.197 e. The van der Waals surface area contributed by atoms with Crippen molar-refractivity contribution in [2.75, 3.05) is 0 Å². The van der Waals surface area contributed by atoms with Gasteiger partial charge in [-0.3, -0.25) is 0 Å². The van der Waals surface area contributed by atoms with Gasteiger partial charge in [0.15, 0.2) is 5.41 Å². The summed E-state index contributed by atoms with van der Waals surface area (Å²) >= 11 is 0. The van der Waals surface area contributed by atoms with E-state index in [9.17, 15) is 10.5 Å². The lowest BCUT2D eigenvalue weighted by Gasteiger charge is -2.28. The van der Waals surface area contributed by atoms with Crippen molar-refractivity contribution in [1.29, 1.82) is 10.5 Å². The van der Waals surface area contributed by atoms with Gasteiger partial charge in [0.1, 0.15) is 0 Å². The van der Waals surface area contributed by atoms with Gasteiger partial charge in [-0.25, -0.2) is 0 Å². The van der Waals surface area contributed by atoms with Gasteiger partial charge < -0.3 is 0 Å². The molecule has 1 aromatic carbocycles. The van der Waals surface area contributed by atoms with E-state index >= 15 is 0 Å². The standard InChI is InChI=1S/C19H20N2/c20-15-19(16-21)14-10-5-3-1-2-4-9-13-18(19)17-11-7-6-8-12-17/h4-12,18H,1-3,13-14H2/b9-4-,10-5+. The van der Waals surface area contributed by atoms with Crippen LogP contribution in [0.1, 0.15) is 43.6 Å². The van der Waals surface area contributed by atoms with Crippen LogP contribution >= 0.6 is 0 Å². The summed E-state index contributed by atoms with van der Waals surface area (Å²) in [4.78, 5) is 0. The van der Waals surface area contributed by atoms with Crippen molar-refractivity contribution in [3.8, 4) is 12.1 Å². The predicted molar refractivity (Wildman–Crippen MR) is 84.2 cm³/mol. The molecule has 1 atom stereocenters. The molecular weight excluding hydrogens is 256 g/mol. The Kier molecular flexibility index (Phi) is 5.35. The number of allylic oxidation sites excluding steroid dienone is 4. The maximum Gasteiger partial charge on any atom is 0.154 e. The monoisotopic (exact) mass is 276 g/mol. The first-order chi connectivity index (χ1) is 10.3. The van der Waals surface area contributed by atoms with Crippen LogP contribution in [-0.2, 0) is 0 Å². The number of hydrogen-bond acceptors (Lipinski definition) is 2. The third-order valence-electron chi connectivity index (χ3n) is 4.08. The van der Waals surface area contributed by atoms with Gasteiger partial charge in [-0.05, 0) is 37.7 Å². The summed E-state index contributed by atoms with van der Waals surface area (Å²) in [6.45, 7) is 0. The first-order valence-electron chi connectivity index (χ1n) is 7.50. The fourth-order valence-electron chi connectivity index (χ4n) is 2.81. The molecule has 1 unspecified atom stereocenters. The lowest BCUT2D eigenvalue weighted by atomic mass is 9.70. The maximum absolute atomic E-state index is 9.69. The molecule has 2 nitrogen and oxygen atoms in total. The number of rotatable bonds is 1. The average molecular weight is 276 g/mol. The van der Waals surface area contributed by atoms with Gasteiger partial charge >= 0.3 is 0 Å². The van der Waals surface area contributed by atoms with Crippen molar-refractivity contribution >= 4 is 0 Å². The molecule has 0 aliphatic heterocycles. The SMILES string of the molecule is N#CC1(C#N)C/C=C/CCC/C=C\CC1c1ccccc1. The van der Waals surface area contributed by atoms with E-state index in [-0.39, 0.29) is 5.92 Å². The normalized spacial score (nSPS) is 24.8. The summed E-state index contributed by atoms with van der Waals surface area (Å²) < 4.78 is 0. The summed E-state index contributed by atoms with van der Waals surface area (Å²) in [5.41, 5.74) is 0.0740. The zero-order valence-electron chi connectivity index (χ0n) is 12.2. The highest BCUT2D eigenvalue weighted by Gasteiger charge is 2.39. The average Bonchev–Trinajstić information content (AvgIpc) is 2.59. The molecular formula is C19H20N2. The molecule has 0 spiro atoms. The topological polar surface area (TPSA) is 47.6 Å². The molecule has 0 N–H and O–H groups in total. The lowest BCUT2D eigenvalue weighted by molar-refractivity contribution is 0.415. The van der Waals surface area contributed by atoms with Crippen molar-refractivity contribution in [2.24, 2.45) is 5.41 Å². The van der Waals surface area contributed by atoms with Crippen LogP contribution in [0.3, 0.4) is 0 Å². The highest BCUT2D eigenvalue weighted by Crippen LogP contribution is 2.41. The van der Waals surface area contributed by atoms with E-state index in [4.69, 9.17) is 0 Å². The Morgan fingerprint density at radius 2 is 1.57 bits per heavy atom. The molecule has 0 heterocycles. The van der Waals surface area contributed by atoms with Crippen LogP contribution in [0.4, 0.5) is 0 Å². The number of benzene rings is 1. The molecule has 106 valence electrons. The lowest BCUT2D eigenvalue weighted by Crippen LogP contribution is -2.25. The second-order valence-corrected chi connectivity index (χ2v) is 5.47. The Labute approximate surface area is 127 Å². The van der Waals surface area contributed by atoms with Gasteiger partial charge in [0.2, 0.25) is 0 Å². The van der Waals surface area contributed by atoms with E-state index in [1.807, 2.05) is 36.4 Å². The van der Waals surface area contributed by atoms with E-state index in [1.165, 1.54) is 0 Å². The Morgan fingerprint density at radius 1 is 0.905 bits per heavy atom. The number of hydrogen-bond donors (Lipinski definition) is 0. The third-order valence-corrected chi connectivity index (χ3v) is 4.08. The van der Waals surface area contributed by atoms with Crippen molar-refractivity contribution in [3.05, 3.63) is 60.2 Å². The summed E-state index contributed by atoms with van der Waals surface area (Å²) in [6, 6.07) is 14.6. The van der Waals surface area contributed by atoms with Crippen LogP contribution in [-0.4, -0.2) is 0 Å². The highest BCUT2D eigenvalue weighted by atomic mass is 14.5. The van der Waals surface area contributed by atoms with Crippen molar-refractivity contribution < 1.29 is 0 Å². The summed E-state index contributed by atoms with van der Waals surface area (Å²) in [5.74, 6) is -0.0901. The fraction of sp³-hybridized carbons (Fsp3) is 0.368. The second kappa shape index (κ2) is 7.46. The van der Waals surface area contributed by atoms with Crippen molar-refractivity contribution in [2.45, 2.75) is 38.0 Å². The van der Waals surface area contributed by atoms with Gasteiger partial charge in [0, 0.05) is 5.92 Å². The van der Waals surface area contributed by atoms with E-state index in [1.54, 1.807) is 0 Å². The van der Waals surface area contributed by atoms with Crippen LogP contribution in [0.25, 0.3) is 0 Å². The van der Waals surface area contributed by atoms with Crippen LogP contribution in [0.2, 0.25) is 0 Å². The quantitative estimate of drug-likeness (QED) is 0.686. The smallest absolute Gasteiger partial charge is 0.154 e. The summed E-state index contributed by atoms with van der Waals surface area (Å²) in [7, 11) is 0. The molecule has 0 bridgehead atoms. The molecule has 0 radical (unpaired) electrons. The van der Waals surface area contributed by atoms with Crippen molar-refractivity contribution in [3.63, 3.8) is 0 Å². The van der Waals surface area contributed by atoms with E-state index in [0.29, 0.717) is 6.42 Å². The molecule has 0 aromatic heterocycles. The third kappa shape index (κ3) is 3.61. The highest BCUT2D eigenvalue weighted by molar-refractivity contribution is 5.32. The van der Waals surface area contributed by atoms with E-state index in [2.05, 4.69) is 30.4 Å². The molecule has 1 aliphatic rings. The fourth-order valence-corrected chi connectivity index (χ4v) is 2.81. The van der Waals surface area contributed by atoms with Gasteiger partial charge in [-0.2, -0.15) is 10.5 Å². The minimum absolute atomic E-state index is 0.0901. The Balaban J connectivity index is 2.43. The summed E-state index contributed by atoms with van der Waals surface area (Å²) in [5, 5.41) is 19.4. The molecule has 0 saturated heterocycles. The van der Waals surface area contributed by atoms with Crippen molar-refractivity contribution in [1.82, 2.24) is 0 Å². The van der Waals surface area contributed by atoms with Crippen LogP contribution in [0.15, 0.2) is 54.6 Å². The molecule has 0 fully saturated rings. The molecule has 1 aromatic rings. The molecule has 2 heteroatoms. The van der Waals surface area contributed by atoms with Crippen LogP contribution in [0, 0.1) is 28.1 Å². The first kappa shape index (κ1) is 15.1. The zero-order chi connectivity index (χ0) is 15.0. The molecule has 0 amide bonds. The zero-order valence-corrected chi connectivity index (χ0v) is 12.2. The maximum atomic E-state index is 9.69. The van der Waals surface area contributed by atoms with Gasteiger partial charge in [-0.1, -0.05) is 54.6 Å². The minimum Gasteiger partial charge on any atom is -0.197 e. The van der Waals surface area contributed by atoms with Gasteiger partial charge in [-0.15, -0.1) is 0 Å². The Hall–Kier alpha value is -2.32. The van der Waals surface area contributed by atoms with Crippen LogP contribution in [0.5, 0.6) is 0 Å². The molecule has 21 heavy (non-hydrogen) atoms. The second-order valence-electron chi connectivity index (χ2n) is 5.47. The predicted octanol–water partition coefficient (Wildman–Crippen LogP) is 4.88. The van der Waals surface area contributed by atoms with Crippen LogP contribution < -0.4 is 0 Å². The number of nitriles is 2. The summed E-state index contributed by atoms with van der Waals surface area (Å²) in [6.07, 6.45) is 12.8. The van der Waals surface area contributed by atoms with Gasteiger partial charge in [0.05, 0.1) is 12.1 Å². The van der Waals surface area contributed by atoms with Gasteiger partial charge in [0.25, 0.3) is 0 Å². The van der Waals surface area contributed by atoms with E-state index < -0.39 is 5.41 Å². The Bertz CT molecular complexity index is 570. The molecule has 2 rings (SSSR count).